The fourth-order valence-electron chi connectivity index (χ4n) is 1.21. The molecule has 0 aliphatic rings. The van der Waals surface area contributed by atoms with Gasteiger partial charge in [0.2, 0.25) is 0 Å². The molecule has 0 unspecified atom stereocenters. The molecule has 0 spiro atoms. The third kappa shape index (κ3) is 4.49. The number of carboxylic acids is 1. The van der Waals surface area contributed by atoms with Crippen LogP contribution in [-0.4, -0.2) is 18.2 Å². The minimum Gasteiger partial charge on any atom is -0.496 e. The van der Waals surface area contributed by atoms with Gasteiger partial charge in [-0.25, -0.2) is 0 Å². The van der Waals surface area contributed by atoms with E-state index in [2.05, 4.69) is 0 Å². The predicted molar refractivity (Wildman–Crippen MR) is 60.4 cm³/mol. The van der Waals surface area contributed by atoms with Gasteiger partial charge >= 0.3 is 5.97 Å². The van der Waals surface area contributed by atoms with Crippen LogP contribution < -0.4 is 4.74 Å². The van der Waals surface area contributed by atoms with Crippen molar-refractivity contribution in [2.75, 3.05) is 7.11 Å². The summed E-state index contributed by atoms with van der Waals surface area (Å²) in [5.41, 5.74) is 1.76. The molecule has 3 heteroatoms. The summed E-state index contributed by atoms with van der Waals surface area (Å²) in [4.78, 5) is 10.5. The maximum absolute atomic E-state index is 10.5. The lowest BCUT2D eigenvalue weighted by Gasteiger charge is -2.06. The number of ether oxygens (including phenoxy) is 1. The summed E-state index contributed by atoms with van der Waals surface area (Å²) in [5, 5.41) is 8.62. The number of hydrogen-bond acceptors (Lipinski definition) is 2. The van der Waals surface area contributed by atoms with Gasteiger partial charge in [0.15, 0.2) is 0 Å². The molecule has 1 N–H and O–H groups in total. The van der Waals surface area contributed by atoms with Gasteiger partial charge in [-0.2, -0.15) is 0 Å². The van der Waals surface area contributed by atoms with Gasteiger partial charge in [0, 0.05) is 5.56 Å². The zero-order valence-corrected chi connectivity index (χ0v) is 9.70. The second kappa shape index (κ2) is 6.87. The van der Waals surface area contributed by atoms with E-state index in [4.69, 9.17) is 9.84 Å². The van der Waals surface area contributed by atoms with Gasteiger partial charge in [0.1, 0.15) is 5.75 Å². The minimum absolute atomic E-state index is 0.00481. The fraction of sp³-hybridized carbons (Fsp3) is 0.417. The van der Waals surface area contributed by atoms with E-state index in [1.807, 2.05) is 32.9 Å². The first kappa shape index (κ1) is 13.5. The van der Waals surface area contributed by atoms with E-state index in [1.165, 1.54) is 7.11 Å². The molecule has 1 aromatic rings. The van der Waals surface area contributed by atoms with E-state index in [1.54, 1.807) is 6.07 Å². The lowest BCUT2D eigenvalue weighted by atomic mass is 10.1. The molecule has 1 rings (SSSR count). The van der Waals surface area contributed by atoms with Gasteiger partial charge in [0.25, 0.3) is 0 Å². The minimum atomic E-state index is -0.844. The van der Waals surface area contributed by atoms with Crippen LogP contribution >= 0.6 is 0 Å². The zero-order valence-electron chi connectivity index (χ0n) is 9.70. The Labute approximate surface area is 90.7 Å². The summed E-state index contributed by atoms with van der Waals surface area (Å²) in [6, 6.07) is 5.50. The average Bonchev–Trinajstić information content (AvgIpc) is 2.20. The molecule has 3 nitrogen and oxygen atoms in total. The SMILES string of the molecule is CC.COc1ccc(C)cc1CC(=O)O. The van der Waals surface area contributed by atoms with Crippen molar-refractivity contribution >= 4 is 5.97 Å². The quantitative estimate of drug-likeness (QED) is 0.834. The van der Waals surface area contributed by atoms with Gasteiger partial charge in [-0.3, -0.25) is 4.79 Å². The number of carboxylic acid groups (broad SMARTS) is 1. The Balaban J connectivity index is 0.000000921. The van der Waals surface area contributed by atoms with Crippen LogP contribution in [-0.2, 0) is 11.2 Å². The average molecular weight is 210 g/mol. The molecule has 0 heterocycles. The van der Waals surface area contributed by atoms with Crippen LogP contribution in [0.2, 0.25) is 0 Å². The molecular weight excluding hydrogens is 192 g/mol. The second-order valence-corrected chi connectivity index (χ2v) is 2.89. The highest BCUT2D eigenvalue weighted by Gasteiger charge is 2.06. The van der Waals surface area contributed by atoms with Gasteiger partial charge in [-0.15, -0.1) is 0 Å². The fourth-order valence-corrected chi connectivity index (χ4v) is 1.21. The first-order valence-corrected chi connectivity index (χ1v) is 4.99. The van der Waals surface area contributed by atoms with Crippen molar-refractivity contribution in [3.63, 3.8) is 0 Å². The topological polar surface area (TPSA) is 46.5 Å². The summed E-state index contributed by atoms with van der Waals surface area (Å²) in [6.45, 7) is 5.92. The van der Waals surface area contributed by atoms with E-state index in [-0.39, 0.29) is 6.42 Å². The molecular formula is C12H18O3. The Morgan fingerprint density at radius 1 is 1.40 bits per heavy atom. The molecule has 0 radical (unpaired) electrons. The van der Waals surface area contributed by atoms with Gasteiger partial charge < -0.3 is 9.84 Å². The molecule has 84 valence electrons. The number of aliphatic carboxylic acids is 1. The molecule has 15 heavy (non-hydrogen) atoms. The number of methoxy groups -OCH3 is 1. The van der Waals surface area contributed by atoms with E-state index in [0.717, 1.165) is 11.1 Å². The molecule has 0 bridgehead atoms. The van der Waals surface area contributed by atoms with E-state index < -0.39 is 5.97 Å². The van der Waals surface area contributed by atoms with Crippen molar-refractivity contribution in [1.29, 1.82) is 0 Å². The first-order valence-electron chi connectivity index (χ1n) is 4.99. The van der Waals surface area contributed by atoms with Crippen LogP contribution in [0.1, 0.15) is 25.0 Å². The number of carbonyl (C=O) groups is 1. The van der Waals surface area contributed by atoms with Crippen molar-refractivity contribution in [2.24, 2.45) is 0 Å². The van der Waals surface area contributed by atoms with Crippen LogP contribution in [0.15, 0.2) is 18.2 Å². The van der Waals surface area contributed by atoms with Crippen LogP contribution in [0, 0.1) is 6.92 Å². The van der Waals surface area contributed by atoms with Crippen molar-refractivity contribution < 1.29 is 14.6 Å². The highest BCUT2D eigenvalue weighted by atomic mass is 16.5. The molecule has 0 saturated heterocycles. The summed E-state index contributed by atoms with van der Waals surface area (Å²) >= 11 is 0. The maximum atomic E-state index is 10.5. The van der Waals surface area contributed by atoms with Gasteiger partial charge in [0.05, 0.1) is 13.5 Å². The van der Waals surface area contributed by atoms with E-state index in [9.17, 15) is 4.79 Å². The highest BCUT2D eigenvalue weighted by molar-refractivity contribution is 5.71. The Bertz CT molecular complexity index is 319. The molecule has 1 aromatic carbocycles. The number of rotatable bonds is 3. The Morgan fingerprint density at radius 2 is 2.00 bits per heavy atom. The summed E-state index contributed by atoms with van der Waals surface area (Å²) < 4.78 is 5.04. The third-order valence-electron chi connectivity index (χ3n) is 1.78. The van der Waals surface area contributed by atoms with Crippen LogP contribution in [0.3, 0.4) is 0 Å². The Hall–Kier alpha value is -1.51. The third-order valence-corrected chi connectivity index (χ3v) is 1.78. The van der Waals surface area contributed by atoms with E-state index in [0.29, 0.717) is 5.75 Å². The van der Waals surface area contributed by atoms with E-state index >= 15 is 0 Å². The molecule has 0 amide bonds. The van der Waals surface area contributed by atoms with Crippen molar-refractivity contribution in [3.8, 4) is 5.75 Å². The summed E-state index contributed by atoms with van der Waals surface area (Å²) in [6.07, 6.45) is 0.00481. The Kier molecular flexibility index (Phi) is 6.18. The van der Waals surface area contributed by atoms with Crippen LogP contribution in [0.5, 0.6) is 5.75 Å². The Morgan fingerprint density at radius 3 is 2.47 bits per heavy atom. The van der Waals surface area contributed by atoms with Crippen molar-refractivity contribution in [2.45, 2.75) is 27.2 Å². The van der Waals surface area contributed by atoms with Crippen molar-refractivity contribution in [1.82, 2.24) is 0 Å². The smallest absolute Gasteiger partial charge is 0.307 e. The second-order valence-electron chi connectivity index (χ2n) is 2.89. The monoisotopic (exact) mass is 210 g/mol. The number of benzene rings is 1. The summed E-state index contributed by atoms with van der Waals surface area (Å²) in [5.74, 6) is -0.211. The number of aryl methyl sites for hydroxylation is 1. The van der Waals surface area contributed by atoms with Gasteiger partial charge in [-0.1, -0.05) is 31.5 Å². The zero-order chi connectivity index (χ0) is 11.8. The number of hydrogen-bond donors (Lipinski definition) is 1. The molecule has 0 aliphatic carbocycles. The van der Waals surface area contributed by atoms with Crippen LogP contribution in [0.25, 0.3) is 0 Å². The first-order chi connectivity index (χ1) is 7.13. The normalized spacial score (nSPS) is 8.80. The predicted octanol–water partition coefficient (Wildman–Crippen LogP) is 2.66. The molecule has 0 saturated carbocycles. The maximum Gasteiger partial charge on any atom is 0.307 e. The molecule has 0 aromatic heterocycles. The highest BCUT2D eigenvalue weighted by Crippen LogP contribution is 2.19. The van der Waals surface area contributed by atoms with Gasteiger partial charge in [-0.05, 0) is 13.0 Å². The lowest BCUT2D eigenvalue weighted by molar-refractivity contribution is -0.136. The molecule has 0 fully saturated rings. The molecule has 0 atom stereocenters. The standard InChI is InChI=1S/C10H12O3.C2H6/c1-7-3-4-9(13-2)8(5-7)6-10(11)12;1-2/h3-5H,6H2,1-2H3,(H,11,12);1-2H3. The lowest BCUT2D eigenvalue weighted by Crippen LogP contribution is -2.02. The van der Waals surface area contributed by atoms with Crippen molar-refractivity contribution in [3.05, 3.63) is 29.3 Å². The molecule has 0 aliphatic heterocycles. The largest absolute Gasteiger partial charge is 0.496 e. The summed E-state index contributed by atoms with van der Waals surface area (Å²) in [7, 11) is 1.54. The van der Waals surface area contributed by atoms with Crippen LogP contribution in [0.4, 0.5) is 0 Å².